The highest BCUT2D eigenvalue weighted by Crippen LogP contribution is 2.30. The lowest BCUT2D eigenvalue weighted by Gasteiger charge is -2.36. The maximum absolute atomic E-state index is 12.5. The summed E-state index contributed by atoms with van der Waals surface area (Å²) in [6.45, 7) is 1.59. The fraction of sp³-hybridized carbons (Fsp3) is 0.588. The number of benzene rings is 1. The second-order valence-corrected chi connectivity index (χ2v) is 6.43. The molecule has 0 atom stereocenters. The molecule has 3 rings (SSSR count). The van der Waals surface area contributed by atoms with Gasteiger partial charge in [-0.2, -0.15) is 0 Å². The first-order chi connectivity index (χ1) is 9.66. The zero-order chi connectivity index (χ0) is 14.0. The van der Waals surface area contributed by atoms with Crippen LogP contribution in [-0.2, 0) is 17.8 Å². The molecule has 0 spiro atoms. The van der Waals surface area contributed by atoms with E-state index in [4.69, 9.17) is 5.73 Å². The quantitative estimate of drug-likeness (QED) is 0.899. The van der Waals surface area contributed by atoms with Crippen LogP contribution in [0.5, 0.6) is 0 Å². The maximum Gasteiger partial charge on any atom is 0.224 e. The number of carbonyl (C=O) groups is 1. The molecule has 0 unspecified atom stereocenters. The molecule has 2 aliphatic rings. The van der Waals surface area contributed by atoms with Gasteiger partial charge in [-0.15, -0.1) is 0 Å². The van der Waals surface area contributed by atoms with E-state index in [0.29, 0.717) is 6.42 Å². The minimum Gasteiger partial charge on any atom is -0.338 e. The second kappa shape index (κ2) is 5.57. The number of carbonyl (C=O) groups excluding carboxylic acids is 1. The summed E-state index contributed by atoms with van der Waals surface area (Å²) in [4.78, 5) is 14.5. The van der Waals surface area contributed by atoms with Crippen LogP contribution in [0.1, 0.15) is 49.7 Å². The van der Waals surface area contributed by atoms with Crippen molar-refractivity contribution in [3.63, 3.8) is 0 Å². The Bertz CT molecular complexity index is 492. The van der Waals surface area contributed by atoms with Gasteiger partial charge in [0.05, 0.1) is 0 Å². The van der Waals surface area contributed by atoms with Crippen molar-refractivity contribution in [2.24, 2.45) is 5.73 Å². The number of fused-ring (bicyclic) bond motifs is 1. The molecule has 0 aromatic heterocycles. The number of nitrogens with zero attached hydrogens (tertiary/aromatic N) is 1. The van der Waals surface area contributed by atoms with Gasteiger partial charge in [0.25, 0.3) is 0 Å². The van der Waals surface area contributed by atoms with Crippen LogP contribution in [0.3, 0.4) is 0 Å². The summed E-state index contributed by atoms with van der Waals surface area (Å²) in [6, 6.07) is 8.43. The Labute approximate surface area is 121 Å². The van der Waals surface area contributed by atoms with E-state index >= 15 is 0 Å². The van der Waals surface area contributed by atoms with E-state index in [1.54, 1.807) is 0 Å². The van der Waals surface area contributed by atoms with Crippen LogP contribution >= 0.6 is 0 Å². The van der Waals surface area contributed by atoms with Crippen molar-refractivity contribution in [2.75, 3.05) is 6.54 Å². The molecule has 3 heteroatoms. The molecule has 1 aromatic rings. The zero-order valence-corrected chi connectivity index (χ0v) is 12.1. The lowest BCUT2D eigenvalue weighted by atomic mass is 9.80. The molecule has 1 aliphatic heterocycles. The molecule has 1 saturated carbocycles. The number of nitrogens with two attached hydrogens (primary N) is 1. The molecule has 0 bridgehead atoms. The topological polar surface area (TPSA) is 46.3 Å². The highest BCUT2D eigenvalue weighted by atomic mass is 16.2. The van der Waals surface area contributed by atoms with Crippen molar-refractivity contribution >= 4 is 5.91 Å². The number of rotatable bonds is 2. The van der Waals surface area contributed by atoms with Gasteiger partial charge >= 0.3 is 0 Å². The van der Waals surface area contributed by atoms with Crippen LogP contribution in [0.4, 0.5) is 0 Å². The van der Waals surface area contributed by atoms with Crippen LogP contribution in [0.15, 0.2) is 24.3 Å². The highest BCUT2D eigenvalue weighted by Gasteiger charge is 2.32. The smallest absolute Gasteiger partial charge is 0.224 e. The number of hydrogen-bond acceptors (Lipinski definition) is 2. The van der Waals surface area contributed by atoms with Crippen molar-refractivity contribution < 1.29 is 4.79 Å². The SMILES string of the molecule is NC1(CC(=O)N2CCc3ccccc3C2)CCCCC1. The van der Waals surface area contributed by atoms with E-state index in [1.807, 2.05) is 4.90 Å². The van der Waals surface area contributed by atoms with Gasteiger partial charge in [0.2, 0.25) is 5.91 Å². The van der Waals surface area contributed by atoms with Crippen molar-refractivity contribution in [1.29, 1.82) is 0 Å². The van der Waals surface area contributed by atoms with E-state index < -0.39 is 0 Å². The summed E-state index contributed by atoms with van der Waals surface area (Å²) in [5, 5.41) is 0. The van der Waals surface area contributed by atoms with Gasteiger partial charge < -0.3 is 10.6 Å². The van der Waals surface area contributed by atoms with Crippen molar-refractivity contribution in [1.82, 2.24) is 4.90 Å². The minimum atomic E-state index is -0.244. The van der Waals surface area contributed by atoms with Gasteiger partial charge in [0.1, 0.15) is 0 Å². The molecule has 1 amide bonds. The first-order valence-electron chi connectivity index (χ1n) is 7.80. The summed E-state index contributed by atoms with van der Waals surface area (Å²) < 4.78 is 0. The highest BCUT2D eigenvalue weighted by molar-refractivity contribution is 5.77. The van der Waals surface area contributed by atoms with Crippen LogP contribution < -0.4 is 5.73 Å². The third kappa shape index (κ3) is 2.88. The van der Waals surface area contributed by atoms with Crippen LogP contribution in [-0.4, -0.2) is 22.9 Å². The van der Waals surface area contributed by atoms with Gasteiger partial charge in [0.15, 0.2) is 0 Å². The third-order valence-electron chi connectivity index (χ3n) is 4.84. The van der Waals surface area contributed by atoms with E-state index in [-0.39, 0.29) is 11.4 Å². The van der Waals surface area contributed by atoms with Gasteiger partial charge in [-0.05, 0) is 30.4 Å². The lowest BCUT2D eigenvalue weighted by molar-refractivity contribution is -0.133. The van der Waals surface area contributed by atoms with Crippen molar-refractivity contribution in [3.8, 4) is 0 Å². The molecule has 0 radical (unpaired) electrons. The average molecular weight is 272 g/mol. The monoisotopic (exact) mass is 272 g/mol. The molecule has 108 valence electrons. The van der Waals surface area contributed by atoms with Gasteiger partial charge in [-0.3, -0.25) is 4.79 Å². The Balaban J connectivity index is 1.64. The summed E-state index contributed by atoms with van der Waals surface area (Å²) in [7, 11) is 0. The van der Waals surface area contributed by atoms with E-state index in [1.165, 1.54) is 30.4 Å². The summed E-state index contributed by atoms with van der Waals surface area (Å²) in [5.41, 5.74) is 8.85. The predicted molar refractivity (Wildman–Crippen MR) is 80.2 cm³/mol. The van der Waals surface area contributed by atoms with Gasteiger partial charge in [-0.1, -0.05) is 43.5 Å². The van der Waals surface area contributed by atoms with Crippen LogP contribution in [0.25, 0.3) is 0 Å². The maximum atomic E-state index is 12.5. The Morgan fingerprint density at radius 3 is 2.60 bits per heavy atom. The minimum absolute atomic E-state index is 0.240. The fourth-order valence-corrected chi connectivity index (χ4v) is 3.55. The first-order valence-corrected chi connectivity index (χ1v) is 7.80. The van der Waals surface area contributed by atoms with Gasteiger partial charge in [0, 0.05) is 25.0 Å². The predicted octanol–water partition coefficient (Wildman–Crippen LogP) is 2.62. The second-order valence-electron chi connectivity index (χ2n) is 6.43. The van der Waals surface area contributed by atoms with Gasteiger partial charge in [-0.25, -0.2) is 0 Å². The Hall–Kier alpha value is -1.35. The third-order valence-corrected chi connectivity index (χ3v) is 4.84. The molecule has 0 saturated heterocycles. The summed E-state index contributed by atoms with van der Waals surface area (Å²) in [5.74, 6) is 0.240. The van der Waals surface area contributed by atoms with Crippen molar-refractivity contribution in [2.45, 2.75) is 57.0 Å². The standard InChI is InChI=1S/C17H24N2O/c18-17(9-4-1-5-10-17)12-16(20)19-11-8-14-6-2-3-7-15(14)13-19/h2-3,6-7H,1,4-5,8-13,18H2. The molecule has 2 N–H and O–H groups in total. The normalized spacial score (nSPS) is 21.4. The largest absolute Gasteiger partial charge is 0.338 e. The average Bonchev–Trinajstić information content (AvgIpc) is 2.47. The first kappa shape index (κ1) is 13.6. The zero-order valence-electron chi connectivity index (χ0n) is 12.1. The van der Waals surface area contributed by atoms with Crippen LogP contribution in [0, 0.1) is 0 Å². The lowest BCUT2D eigenvalue weighted by Crippen LogP contribution is -2.47. The Kier molecular flexibility index (Phi) is 3.79. The number of hydrogen-bond donors (Lipinski definition) is 1. The van der Waals surface area contributed by atoms with Crippen LogP contribution in [0.2, 0.25) is 0 Å². The molecule has 1 fully saturated rings. The van der Waals surface area contributed by atoms with E-state index in [2.05, 4.69) is 24.3 Å². The summed E-state index contributed by atoms with van der Waals surface area (Å²) in [6.07, 6.45) is 7.12. The molecule has 1 aliphatic carbocycles. The fourth-order valence-electron chi connectivity index (χ4n) is 3.55. The van der Waals surface area contributed by atoms with E-state index in [0.717, 1.165) is 32.4 Å². The molecular weight excluding hydrogens is 248 g/mol. The molecular formula is C17H24N2O. The Morgan fingerprint density at radius 1 is 1.15 bits per heavy atom. The molecule has 3 nitrogen and oxygen atoms in total. The molecule has 1 aromatic carbocycles. The molecule has 20 heavy (non-hydrogen) atoms. The van der Waals surface area contributed by atoms with Crippen molar-refractivity contribution in [3.05, 3.63) is 35.4 Å². The number of amides is 1. The molecule has 1 heterocycles. The summed E-state index contributed by atoms with van der Waals surface area (Å²) >= 11 is 0. The van der Waals surface area contributed by atoms with E-state index in [9.17, 15) is 4.79 Å². The Morgan fingerprint density at radius 2 is 1.85 bits per heavy atom.